The van der Waals surface area contributed by atoms with Crippen LogP contribution in [-0.2, 0) is 4.74 Å². The normalized spacial score (nSPS) is 11.6. The number of benzene rings is 1. The molecule has 0 bridgehead atoms. The lowest BCUT2D eigenvalue weighted by atomic mass is 10.2. The standard InChI is InChI=1S/C11H9F3N2O2S/c1-6-2-3-7-8(4-6)19-9(15-7)16-10(17)18-5-11(12,13)14/h2-4H,5H2,1H3,(H,15,16,17). The van der Waals surface area contributed by atoms with Crippen molar-refractivity contribution in [1.82, 2.24) is 4.98 Å². The highest BCUT2D eigenvalue weighted by Gasteiger charge is 2.29. The summed E-state index contributed by atoms with van der Waals surface area (Å²) in [6.45, 7) is 0.284. The molecule has 0 unspecified atom stereocenters. The van der Waals surface area contributed by atoms with Crippen molar-refractivity contribution in [3.8, 4) is 0 Å². The number of anilines is 1. The van der Waals surface area contributed by atoms with E-state index < -0.39 is 18.9 Å². The van der Waals surface area contributed by atoms with Gasteiger partial charge in [-0.15, -0.1) is 0 Å². The van der Waals surface area contributed by atoms with Crippen LogP contribution in [0.15, 0.2) is 18.2 Å². The van der Waals surface area contributed by atoms with Gasteiger partial charge in [0.2, 0.25) is 0 Å². The number of carbonyl (C=O) groups excluding carboxylic acids is 1. The van der Waals surface area contributed by atoms with E-state index in [9.17, 15) is 18.0 Å². The molecule has 0 radical (unpaired) electrons. The highest BCUT2D eigenvalue weighted by atomic mass is 32.1. The molecular weight excluding hydrogens is 281 g/mol. The van der Waals surface area contributed by atoms with Gasteiger partial charge >= 0.3 is 12.3 Å². The highest BCUT2D eigenvalue weighted by Crippen LogP contribution is 2.26. The molecular formula is C11H9F3N2O2S. The molecule has 0 spiro atoms. The Hall–Kier alpha value is -1.83. The van der Waals surface area contributed by atoms with E-state index in [-0.39, 0.29) is 5.13 Å². The van der Waals surface area contributed by atoms with Gasteiger partial charge in [0.05, 0.1) is 10.2 Å². The lowest BCUT2D eigenvalue weighted by Crippen LogP contribution is -2.23. The number of ether oxygens (including phenoxy) is 1. The molecule has 19 heavy (non-hydrogen) atoms. The number of aromatic nitrogens is 1. The van der Waals surface area contributed by atoms with Crippen LogP contribution >= 0.6 is 11.3 Å². The van der Waals surface area contributed by atoms with Gasteiger partial charge in [0.15, 0.2) is 11.7 Å². The maximum Gasteiger partial charge on any atom is 0.422 e. The number of nitrogens with zero attached hydrogens (tertiary/aromatic N) is 1. The van der Waals surface area contributed by atoms with Gasteiger partial charge in [-0.25, -0.2) is 9.78 Å². The molecule has 0 saturated heterocycles. The Kier molecular flexibility index (Phi) is 3.61. The Morgan fingerprint density at radius 3 is 2.89 bits per heavy atom. The molecule has 0 saturated carbocycles. The second-order valence-corrected chi connectivity index (χ2v) is 4.84. The molecule has 0 aliphatic rings. The predicted molar refractivity (Wildman–Crippen MR) is 65.4 cm³/mol. The fraction of sp³-hybridized carbons (Fsp3) is 0.273. The first-order chi connectivity index (χ1) is 8.83. The van der Waals surface area contributed by atoms with Crippen LogP contribution in [-0.4, -0.2) is 23.9 Å². The summed E-state index contributed by atoms with van der Waals surface area (Å²) < 4.78 is 40.4. The number of rotatable bonds is 2. The summed E-state index contributed by atoms with van der Waals surface area (Å²) in [4.78, 5) is 15.2. The van der Waals surface area contributed by atoms with Crippen molar-refractivity contribution in [3.63, 3.8) is 0 Å². The SMILES string of the molecule is Cc1ccc2nc(NC(=O)OCC(F)(F)F)sc2c1. The van der Waals surface area contributed by atoms with Gasteiger partial charge in [-0.2, -0.15) is 13.2 Å². The van der Waals surface area contributed by atoms with Crippen molar-refractivity contribution in [2.75, 3.05) is 11.9 Å². The van der Waals surface area contributed by atoms with Gasteiger partial charge in [0.1, 0.15) is 0 Å². The van der Waals surface area contributed by atoms with Gasteiger partial charge in [-0.05, 0) is 24.6 Å². The van der Waals surface area contributed by atoms with Gasteiger partial charge in [-0.1, -0.05) is 17.4 Å². The van der Waals surface area contributed by atoms with E-state index >= 15 is 0 Å². The molecule has 0 atom stereocenters. The second kappa shape index (κ2) is 5.04. The van der Waals surface area contributed by atoms with E-state index in [0.29, 0.717) is 5.52 Å². The minimum atomic E-state index is -4.54. The number of halogens is 3. The molecule has 0 aliphatic heterocycles. The molecule has 102 valence electrons. The van der Waals surface area contributed by atoms with Crippen LogP contribution in [0.25, 0.3) is 10.2 Å². The maximum atomic E-state index is 11.8. The van der Waals surface area contributed by atoms with Crippen molar-refractivity contribution < 1.29 is 22.7 Å². The number of alkyl halides is 3. The topological polar surface area (TPSA) is 51.2 Å². The molecule has 2 rings (SSSR count). The van der Waals surface area contributed by atoms with Gasteiger partial charge < -0.3 is 4.74 Å². The first-order valence-electron chi connectivity index (χ1n) is 5.21. The average molecular weight is 290 g/mol. The minimum absolute atomic E-state index is 0.202. The number of nitrogens with one attached hydrogen (secondary N) is 1. The molecule has 8 heteroatoms. The van der Waals surface area contributed by atoms with E-state index in [1.165, 1.54) is 11.3 Å². The molecule has 1 aromatic heterocycles. The van der Waals surface area contributed by atoms with Crippen LogP contribution in [0.3, 0.4) is 0 Å². The summed E-state index contributed by atoms with van der Waals surface area (Å²) in [6.07, 6.45) is -5.71. The Balaban J connectivity index is 2.03. The number of aryl methyl sites for hydroxylation is 1. The van der Waals surface area contributed by atoms with Crippen molar-refractivity contribution >= 4 is 32.8 Å². The third kappa shape index (κ3) is 3.82. The largest absolute Gasteiger partial charge is 0.440 e. The number of hydrogen-bond donors (Lipinski definition) is 1. The predicted octanol–water partition coefficient (Wildman–Crippen LogP) is 3.72. The van der Waals surface area contributed by atoms with E-state index in [0.717, 1.165) is 10.3 Å². The van der Waals surface area contributed by atoms with E-state index in [2.05, 4.69) is 15.0 Å². The first kappa shape index (κ1) is 13.6. The first-order valence-corrected chi connectivity index (χ1v) is 6.03. The summed E-state index contributed by atoms with van der Waals surface area (Å²) in [6, 6.07) is 5.50. The van der Waals surface area contributed by atoms with Gasteiger partial charge in [0, 0.05) is 0 Å². The van der Waals surface area contributed by atoms with E-state index in [1.807, 2.05) is 19.1 Å². The second-order valence-electron chi connectivity index (χ2n) is 3.81. The molecule has 4 nitrogen and oxygen atoms in total. The van der Waals surface area contributed by atoms with Gasteiger partial charge in [-0.3, -0.25) is 5.32 Å². The van der Waals surface area contributed by atoms with Crippen LogP contribution in [0, 0.1) is 6.92 Å². The van der Waals surface area contributed by atoms with Crippen molar-refractivity contribution in [2.24, 2.45) is 0 Å². The quantitative estimate of drug-likeness (QED) is 0.917. The Labute approximate surface area is 110 Å². The zero-order valence-electron chi connectivity index (χ0n) is 9.75. The smallest absolute Gasteiger partial charge is 0.422 e. The Morgan fingerprint density at radius 2 is 2.21 bits per heavy atom. The number of carbonyl (C=O) groups is 1. The molecule has 1 aromatic carbocycles. The molecule has 1 amide bonds. The molecule has 0 fully saturated rings. The monoisotopic (exact) mass is 290 g/mol. The Bertz CT molecular complexity index is 609. The third-order valence-electron chi connectivity index (χ3n) is 2.12. The minimum Gasteiger partial charge on any atom is -0.440 e. The summed E-state index contributed by atoms with van der Waals surface area (Å²) in [5.74, 6) is 0. The van der Waals surface area contributed by atoms with Crippen molar-refractivity contribution in [1.29, 1.82) is 0 Å². The number of thiazole rings is 1. The van der Waals surface area contributed by atoms with Crippen molar-refractivity contribution in [3.05, 3.63) is 23.8 Å². The summed E-state index contributed by atoms with van der Waals surface area (Å²) in [7, 11) is 0. The lowest BCUT2D eigenvalue weighted by molar-refractivity contribution is -0.159. The molecule has 1 heterocycles. The van der Waals surface area contributed by atoms with Crippen molar-refractivity contribution in [2.45, 2.75) is 13.1 Å². The average Bonchev–Trinajstić information content (AvgIpc) is 2.66. The maximum absolute atomic E-state index is 11.8. The Morgan fingerprint density at radius 1 is 1.47 bits per heavy atom. The van der Waals surface area contributed by atoms with E-state index in [1.54, 1.807) is 6.07 Å². The fourth-order valence-corrected chi connectivity index (χ4v) is 2.31. The molecule has 0 aliphatic carbocycles. The number of hydrogen-bond acceptors (Lipinski definition) is 4. The van der Waals surface area contributed by atoms with Gasteiger partial charge in [0.25, 0.3) is 0 Å². The molecule has 2 aromatic rings. The van der Waals surface area contributed by atoms with Crippen LogP contribution in [0.1, 0.15) is 5.56 Å². The number of fused-ring (bicyclic) bond motifs is 1. The van der Waals surface area contributed by atoms with Crippen LogP contribution in [0.2, 0.25) is 0 Å². The summed E-state index contributed by atoms with van der Waals surface area (Å²) >= 11 is 1.17. The lowest BCUT2D eigenvalue weighted by Gasteiger charge is -2.07. The third-order valence-corrected chi connectivity index (χ3v) is 3.05. The van der Waals surface area contributed by atoms with Crippen LogP contribution in [0.4, 0.5) is 23.1 Å². The zero-order chi connectivity index (χ0) is 14.0. The number of amides is 1. The summed E-state index contributed by atoms with van der Waals surface area (Å²) in [5.41, 5.74) is 1.70. The summed E-state index contributed by atoms with van der Waals surface area (Å²) in [5, 5.41) is 2.37. The fourth-order valence-electron chi connectivity index (χ4n) is 1.36. The molecule has 1 N–H and O–H groups in total. The zero-order valence-corrected chi connectivity index (χ0v) is 10.6. The van der Waals surface area contributed by atoms with E-state index in [4.69, 9.17) is 0 Å². The van der Waals surface area contributed by atoms with Crippen LogP contribution in [0.5, 0.6) is 0 Å². The highest BCUT2D eigenvalue weighted by molar-refractivity contribution is 7.22. The van der Waals surface area contributed by atoms with Crippen LogP contribution < -0.4 is 5.32 Å².